The number of carbonyl (C=O) groups is 1. The maximum Gasteiger partial charge on any atom is 0.243 e. The number of sulfonamides is 1. The average Bonchev–Trinajstić information content (AvgIpc) is 2.80. The Morgan fingerprint density at radius 2 is 1.81 bits per heavy atom. The highest BCUT2D eigenvalue weighted by Gasteiger charge is 2.34. The molecule has 1 fully saturated rings. The molecule has 0 unspecified atom stereocenters. The summed E-state index contributed by atoms with van der Waals surface area (Å²) in [5.41, 5.74) is 1.41. The minimum Gasteiger partial charge on any atom is -0.334 e. The lowest BCUT2D eigenvalue weighted by molar-refractivity contribution is -0.136. The van der Waals surface area contributed by atoms with E-state index in [4.69, 9.17) is 5.26 Å². The number of hydrogen-bond acceptors (Lipinski definition) is 4. The Bertz CT molecular complexity index is 1140. The first kappa shape index (κ1) is 23.6. The van der Waals surface area contributed by atoms with Crippen molar-refractivity contribution in [3.8, 4) is 6.07 Å². The molecule has 1 aliphatic rings. The highest BCUT2D eigenvalue weighted by atomic mass is 32.2. The van der Waals surface area contributed by atoms with Crippen LogP contribution in [0.25, 0.3) is 0 Å². The van der Waals surface area contributed by atoms with Crippen molar-refractivity contribution in [2.24, 2.45) is 5.92 Å². The highest BCUT2D eigenvalue weighted by Crippen LogP contribution is 2.26. The van der Waals surface area contributed by atoms with Crippen LogP contribution in [0, 0.1) is 28.9 Å². The smallest absolute Gasteiger partial charge is 0.243 e. The predicted molar refractivity (Wildman–Crippen MR) is 115 cm³/mol. The number of carbonyl (C=O) groups excluding carboxylic acids is 1. The summed E-state index contributed by atoms with van der Waals surface area (Å²) in [6, 6.07) is 11.5. The molecule has 1 aliphatic heterocycles. The molecule has 6 nitrogen and oxygen atoms in total. The fraction of sp³-hybridized carbons (Fsp3) is 0.304. The molecule has 0 N–H and O–H groups in total. The third-order valence-corrected chi connectivity index (χ3v) is 7.34. The van der Waals surface area contributed by atoms with E-state index in [-0.39, 0.29) is 29.8 Å². The molecule has 1 heterocycles. The van der Waals surface area contributed by atoms with Crippen LogP contribution in [0.5, 0.6) is 0 Å². The van der Waals surface area contributed by atoms with Crippen molar-refractivity contribution >= 4 is 15.9 Å². The summed E-state index contributed by atoms with van der Waals surface area (Å²) in [7, 11) is -3.98. The summed E-state index contributed by atoms with van der Waals surface area (Å²) < 4.78 is 53.4. The molecular weight excluding hydrogens is 436 g/mol. The maximum atomic E-state index is 13.5. The molecule has 2 aromatic rings. The lowest BCUT2D eigenvalue weighted by Crippen LogP contribution is -2.44. The molecule has 32 heavy (non-hydrogen) atoms. The molecule has 1 amide bonds. The van der Waals surface area contributed by atoms with Crippen molar-refractivity contribution in [2.75, 3.05) is 19.6 Å². The Hall–Kier alpha value is -3.09. The Morgan fingerprint density at radius 3 is 2.38 bits per heavy atom. The molecular formula is C23H23F2N3O3S. The van der Waals surface area contributed by atoms with Crippen molar-refractivity contribution in [1.82, 2.24) is 9.21 Å². The first-order valence-corrected chi connectivity index (χ1v) is 11.5. The van der Waals surface area contributed by atoms with Crippen molar-refractivity contribution in [3.05, 3.63) is 77.9 Å². The average molecular weight is 460 g/mol. The van der Waals surface area contributed by atoms with Gasteiger partial charge >= 0.3 is 0 Å². The standard InChI is InChI=1S/C23H23F2N3O3S/c1-2-11-27(16-18-5-3-17(15-26)4-6-18)23(29)19-9-12-28(13-10-19)32(30,31)20-7-8-21(24)22(25)14-20/h2-8,14,19H,1,9-13,16H2. The lowest BCUT2D eigenvalue weighted by atomic mass is 9.96. The quantitative estimate of drug-likeness (QED) is 0.594. The van der Waals surface area contributed by atoms with Crippen LogP contribution in [0.2, 0.25) is 0 Å². The summed E-state index contributed by atoms with van der Waals surface area (Å²) in [6.45, 7) is 4.61. The highest BCUT2D eigenvalue weighted by molar-refractivity contribution is 7.89. The van der Waals surface area contributed by atoms with Gasteiger partial charge in [-0.2, -0.15) is 9.57 Å². The van der Waals surface area contributed by atoms with Gasteiger partial charge in [0.15, 0.2) is 11.6 Å². The minimum atomic E-state index is -3.98. The molecule has 168 valence electrons. The van der Waals surface area contributed by atoms with Gasteiger partial charge < -0.3 is 4.90 Å². The Labute approximate surface area is 186 Å². The van der Waals surface area contributed by atoms with Crippen molar-refractivity contribution in [1.29, 1.82) is 5.26 Å². The zero-order valence-corrected chi connectivity index (χ0v) is 18.2. The van der Waals surface area contributed by atoms with Gasteiger partial charge in [-0.05, 0) is 48.7 Å². The Balaban J connectivity index is 1.66. The predicted octanol–water partition coefficient (Wildman–Crippen LogP) is 3.45. The number of hydrogen-bond donors (Lipinski definition) is 0. The largest absolute Gasteiger partial charge is 0.334 e. The normalized spacial score (nSPS) is 15.2. The SMILES string of the molecule is C=CCN(Cc1ccc(C#N)cc1)C(=O)C1CCN(S(=O)(=O)c2ccc(F)c(F)c2)CC1. The number of halogens is 2. The molecule has 2 aromatic carbocycles. The first-order chi connectivity index (χ1) is 15.3. The van der Waals surface area contributed by atoms with Gasteiger partial charge in [-0.1, -0.05) is 18.2 Å². The molecule has 9 heteroatoms. The first-order valence-electron chi connectivity index (χ1n) is 10.1. The van der Waals surface area contributed by atoms with E-state index in [1.165, 1.54) is 4.31 Å². The fourth-order valence-electron chi connectivity index (χ4n) is 3.68. The van der Waals surface area contributed by atoms with Crippen LogP contribution in [0.3, 0.4) is 0 Å². The van der Waals surface area contributed by atoms with Gasteiger partial charge in [0.05, 0.1) is 16.5 Å². The monoisotopic (exact) mass is 459 g/mol. The Kier molecular flexibility index (Phi) is 7.38. The van der Waals surface area contributed by atoms with Crippen molar-refractivity contribution < 1.29 is 22.0 Å². The van der Waals surface area contributed by atoms with E-state index in [0.29, 0.717) is 37.6 Å². The maximum absolute atomic E-state index is 13.5. The van der Waals surface area contributed by atoms with Gasteiger partial charge in [0.2, 0.25) is 15.9 Å². The van der Waals surface area contributed by atoms with E-state index in [9.17, 15) is 22.0 Å². The van der Waals surface area contributed by atoms with E-state index >= 15 is 0 Å². The molecule has 1 saturated heterocycles. The Morgan fingerprint density at radius 1 is 1.16 bits per heavy atom. The third-order valence-electron chi connectivity index (χ3n) is 5.45. The van der Waals surface area contributed by atoms with Crippen LogP contribution in [-0.4, -0.2) is 43.2 Å². The molecule has 0 saturated carbocycles. The van der Waals surface area contributed by atoms with Crippen LogP contribution in [0.4, 0.5) is 8.78 Å². The van der Waals surface area contributed by atoms with Gasteiger partial charge in [-0.25, -0.2) is 17.2 Å². The van der Waals surface area contributed by atoms with E-state index in [1.807, 2.05) is 0 Å². The number of nitriles is 1. The van der Waals surface area contributed by atoms with Gasteiger partial charge in [0.1, 0.15) is 0 Å². The van der Waals surface area contributed by atoms with E-state index < -0.39 is 21.7 Å². The van der Waals surface area contributed by atoms with E-state index in [1.54, 1.807) is 35.2 Å². The fourth-order valence-corrected chi connectivity index (χ4v) is 5.16. The minimum absolute atomic E-state index is 0.0980. The lowest BCUT2D eigenvalue weighted by Gasteiger charge is -2.33. The van der Waals surface area contributed by atoms with Crippen LogP contribution in [0.15, 0.2) is 60.0 Å². The van der Waals surface area contributed by atoms with E-state index in [2.05, 4.69) is 12.6 Å². The van der Waals surface area contributed by atoms with Crippen molar-refractivity contribution in [3.63, 3.8) is 0 Å². The summed E-state index contributed by atoms with van der Waals surface area (Å²) in [5, 5.41) is 8.92. The molecule has 0 aromatic heterocycles. The molecule has 0 aliphatic carbocycles. The van der Waals surface area contributed by atoms with Gasteiger partial charge in [-0.3, -0.25) is 4.79 Å². The van der Waals surface area contributed by atoms with Crippen LogP contribution >= 0.6 is 0 Å². The number of benzene rings is 2. The van der Waals surface area contributed by atoms with Gasteiger partial charge in [-0.15, -0.1) is 6.58 Å². The van der Waals surface area contributed by atoms with Gasteiger partial charge in [0.25, 0.3) is 0 Å². The topological polar surface area (TPSA) is 81.5 Å². The summed E-state index contributed by atoms with van der Waals surface area (Å²) in [6.07, 6.45) is 2.27. The summed E-state index contributed by atoms with van der Waals surface area (Å²) in [4.78, 5) is 14.4. The van der Waals surface area contributed by atoms with Crippen LogP contribution in [0.1, 0.15) is 24.0 Å². The molecule has 3 rings (SSSR count). The van der Waals surface area contributed by atoms with Gasteiger partial charge in [0, 0.05) is 32.1 Å². The molecule has 0 atom stereocenters. The number of piperidine rings is 1. The molecule has 0 radical (unpaired) electrons. The number of nitrogens with zero attached hydrogens (tertiary/aromatic N) is 3. The zero-order chi connectivity index (χ0) is 23.3. The summed E-state index contributed by atoms with van der Waals surface area (Å²) in [5.74, 6) is -2.79. The summed E-state index contributed by atoms with van der Waals surface area (Å²) >= 11 is 0. The van der Waals surface area contributed by atoms with Crippen LogP contribution in [-0.2, 0) is 21.4 Å². The van der Waals surface area contributed by atoms with E-state index in [0.717, 1.165) is 17.7 Å². The zero-order valence-electron chi connectivity index (χ0n) is 17.4. The van der Waals surface area contributed by atoms with Crippen molar-refractivity contribution in [2.45, 2.75) is 24.3 Å². The second-order valence-electron chi connectivity index (χ2n) is 7.57. The second-order valence-corrected chi connectivity index (χ2v) is 9.51. The second kappa shape index (κ2) is 10.0. The van der Waals surface area contributed by atoms with Crippen LogP contribution < -0.4 is 0 Å². The molecule has 0 bridgehead atoms. The third kappa shape index (κ3) is 5.21. The number of rotatable bonds is 7. The molecule has 0 spiro atoms. The number of amides is 1.